The summed E-state index contributed by atoms with van der Waals surface area (Å²) in [6, 6.07) is -1.86. The highest BCUT2D eigenvalue weighted by Gasteiger charge is 2.37. The second-order valence-corrected chi connectivity index (χ2v) is 19.1. The van der Waals surface area contributed by atoms with Gasteiger partial charge in [0, 0.05) is 31.2 Å². The van der Waals surface area contributed by atoms with Crippen molar-refractivity contribution in [2.45, 2.75) is 126 Å². The van der Waals surface area contributed by atoms with Gasteiger partial charge < -0.3 is 95.6 Å². The fourth-order valence-electron chi connectivity index (χ4n) is 7.74. The standard InChI is InChI=1S/C51H70N14O18/c1-4-24(2)41(64-38(70)21-56-45(77)34(18-39(71)72)60-49(81)36(22-66)63-44(76)30(52)16-28-20-55-23-57-28)50(82)61-32(15-26-8-6-5-7-9-26)48(80)65-42(25(3)67)51(83)62-35(19-40(73)74)47(79)59-33(17-37(53)69)46(78)58-31(43(54)75)14-27-10-12-29(68)13-11-27/h5-13,20,23-25,30-36,41-42,66-68H,4,14-19,21-22,52H2,1-3H3,(H2,53,69)(H2,54,75)(H,55,57)(H,56,77)(H,58,78)(H,59,79)(H,60,81)(H,61,82)(H,62,83)(H,63,76)(H,64,70)(H,65,80)(H,71,72)(H,73,74)/t24-,25+,30-,31-,32-,33-,34-,35-,36-,41-,42-/m0/s1. The van der Waals surface area contributed by atoms with Crippen molar-refractivity contribution < 1.29 is 87.9 Å². The van der Waals surface area contributed by atoms with E-state index in [2.05, 4.69) is 57.8 Å². The van der Waals surface area contributed by atoms with Crippen molar-refractivity contribution in [3.8, 4) is 5.75 Å². The molecule has 2 aromatic carbocycles. The zero-order valence-corrected chi connectivity index (χ0v) is 45.3. The van der Waals surface area contributed by atoms with E-state index in [-0.39, 0.29) is 31.4 Å². The van der Waals surface area contributed by atoms with Gasteiger partial charge in [-0.1, -0.05) is 62.7 Å². The Kier molecular flexibility index (Phi) is 27.1. The predicted molar refractivity (Wildman–Crippen MR) is 286 cm³/mol. The van der Waals surface area contributed by atoms with Gasteiger partial charge in [-0.3, -0.25) is 62.3 Å². The van der Waals surface area contributed by atoms with Crippen molar-refractivity contribution in [3.05, 3.63) is 83.9 Å². The summed E-state index contributed by atoms with van der Waals surface area (Å²) < 4.78 is 0. The molecule has 0 fully saturated rings. The number of aromatic hydroxyl groups is 1. The minimum atomic E-state index is -2.08. The van der Waals surface area contributed by atoms with Gasteiger partial charge in [-0.05, 0) is 36.1 Å². The molecule has 0 unspecified atom stereocenters. The minimum Gasteiger partial charge on any atom is -0.508 e. The fourth-order valence-corrected chi connectivity index (χ4v) is 7.74. The average molecular weight is 1170 g/mol. The number of benzene rings is 2. The number of rotatable bonds is 35. The largest absolute Gasteiger partial charge is 0.508 e. The van der Waals surface area contributed by atoms with Crippen molar-refractivity contribution in [2.75, 3.05) is 13.2 Å². The normalized spacial score (nSPS) is 14.9. The van der Waals surface area contributed by atoms with E-state index in [0.717, 1.165) is 6.92 Å². The van der Waals surface area contributed by atoms with E-state index in [1.807, 2.05) is 0 Å². The number of hydrogen-bond acceptors (Lipinski definition) is 18. The Labute approximate surface area is 473 Å². The molecule has 11 amide bonds. The Hall–Kier alpha value is -9.56. The van der Waals surface area contributed by atoms with Crippen LogP contribution in [0.25, 0.3) is 0 Å². The smallest absolute Gasteiger partial charge is 0.305 e. The maximum atomic E-state index is 14.2. The van der Waals surface area contributed by atoms with Gasteiger partial charge in [-0.25, -0.2) is 4.98 Å². The number of phenolic OH excluding ortho intramolecular Hbond substituents is 1. The fraction of sp³-hybridized carbons (Fsp3) is 0.451. The number of carbonyl (C=O) groups excluding carboxylic acids is 11. The van der Waals surface area contributed by atoms with Crippen LogP contribution in [0.2, 0.25) is 0 Å². The maximum Gasteiger partial charge on any atom is 0.305 e. The third-order valence-corrected chi connectivity index (χ3v) is 12.5. The van der Waals surface area contributed by atoms with Gasteiger partial charge >= 0.3 is 11.9 Å². The van der Waals surface area contributed by atoms with Crippen LogP contribution in [0.5, 0.6) is 5.75 Å². The van der Waals surface area contributed by atoms with Crippen LogP contribution < -0.4 is 65.1 Å². The Morgan fingerprint density at radius 1 is 0.566 bits per heavy atom. The number of aromatic amines is 1. The second kappa shape index (κ2) is 33.3. The number of carboxylic acids is 2. The number of phenols is 1. The first kappa shape index (κ1) is 67.7. The van der Waals surface area contributed by atoms with Crippen LogP contribution >= 0.6 is 0 Å². The molecular formula is C51H70N14O18. The number of aliphatic hydroxyl groups excluding tert-OH is 2. The summed E-state index contributed by atoms with van der Waals surface area (Å²) in [5.74, 6) is -16.6. The first-order valence-electron chi connectivity index (χ1n) is 25.7. The number of hydrogen-bond donors (Lipinski definition) is 18. The lowest BCUT2D eigenvalue weighted by Gasteiger charge is -2.29. The van der Waals surface area contributed by atoms with Gasteiger partial charge in [0.2, 0.25) is 65.0 Å². The molecule has 1 aromatic heterocycles. The molecule has 0 spiro atoms. The Morgan fingerprint density at radius 2 is 1.05 bits per heavy atom. The van der Waals surface area contributed by atoms with E-state index >= 15 is 0 Å². The number of nitrogens with one attached hydrogen (secondary N) is 10. The lowest BCUT2D eigenvalue weighted by atomic mass is 9.97. The molecular weight excluding hydrogens is 1100 g/mol. The lowest BCUT2D eigenvalue weighted by Crippen LogP contribution is -2.62. The summed E-state index contributed by atoms with van der Waals surface area (Å²) in [6.45, 7) is 2.33. The molecule has 0 aliphatic carbocycles. The molecule has 3 rings (SSSR count). The predicted octanol–water partition coefficient (Wildman–Crippen LogP) is -6.81. The van der Waals surface area contributed by atoms with Crippen LogP contribution in [0, 0.1) is 5.92 Å². The van der Waals surface area contributed by atoms with Crippen LogP contribution in [-0.4, -0.2) is 186 Å². The van der Waals surface area contributed by atoms with Crippen LogP contribution in [-0.2, 0) is 81.6 Å². The van der Waals surface area contributed by atoms with Gasteiger partial charge in [0.05, 0.1) is 50.9 Å². The van der Waals surface area contributed by atoms with E-state index < -0.39 is 176 Å². The molecule has 0 aliphatic heterocycles. The quantitative estimate of drug-likeness (QED) is 0.0260. The number of primary amides is 2. The van der Waals surface area contributed by atoms with E-state index in [1.165, 1.54) is 36.8 Å². The van der Waals surface area contributed by atoms with Gasteiger partial charge in [0.25, 0.3) is 0 Å². The Morgan fingerprint density at radius 3 is 1.57 bits per heavy atom. The number of H-pyrrole nitrogens is 1. The van der Waals surface area contributed by atoms with E-state index in [1.54, 1.807) is 44.2 Å². The molecule has 0 aliphatic rings. The van der Waals surface area contributed by atoms with Crippen molar-refractivity contribution in [3.63, 3.8) is 0 Å². The SMILES string of the molecule is CC[C@H](C)[C@H](NC(=O)CNC(=O)[C@H](CC(=O)O)NC(=O)[C@H](CO)NC(=O)[C@@H](N)Cc1cnc[nH]1)C(=O)N[C@@H](Cc1ccccc1)C(=O)N[C@H](C(=O)N[C@@H](CC(=O)O)C(=O)N[C@@H](CC(N)=O)C(=O)N[C@@H](Cc1ccc(O)cc1)C(N)=O)[C@@H](C)O. The number of aromatic nitrogens is 2. The van der Waals surface area contributed by atoms with Crippen molar-refractivity contribution in [1.82, 2.24) is 57.8 Å². The molecule has 83 heavy (non-hydrogen) atoms. The summed E-state index contributed by atoms with van der Waals surface area (Å²) >= 11 is 0. The summed E-state index contributed by atoms with van der Waals surface area (Å²) in [5, 5.41) is 69.7. The Bertz CT molecular complexity index is 2770. The second-order valence-electron chi connectivity index (χ2n) is 19.1. The highest BCUT2D eigenvalue weighted by atomic mass is 16.4. The first-order valence-corrected chi connectivity index (χ1v) is 25.7. The van der Waals surface area contributed by atoms with Crippen molar-refractivity contribution in [2.24, 2.45) is 23.1 Å². The molecule has 21 N–H and O–H groups in total. The zero-order valence-electron chi connectivity index (χ0n) is 45.3. The molecule has 11 atom stereocenters. The molecule has 32 heteroatoms. The Balaban J connectivity index is 1.79. The lowest BCUT2D eigenvalue weighted by molar-refractivity contribution is -0.142. The number of carbonyl (C=O) groups is 13. The monoisotopic (exact) mass is 1170 g/mol. The zero-order chi connectivity index (χ0) is 62.1. The minimum absolute atomic E-state index is 0.0385. The van der Waals surface area contributed by atoms with E-state index in [9.17, 15) is 87.9 Å². The van der Waals surface area contributed by atoms with Gasteiger partial charge in [-0.2, -0.15) is 0 Å². The number of amides is 11. The molecule has 3 aromatic rings. The number of aliphatic hydroxyl groups is 2. The molecule has 0 saturated carbocycles. The van der Waals surface area contributed by atoms with Crippen LogP contribution in [0.4, 0.5) is 0 Å². The third-order valence-electron chi connectivity index (χ3n) is 12.5. The summed E-state index contributed by atoms with van der Waals surface area (Å²) in [6.07, 6.45) is -2.50. The van der Waals surface area contributed by atoms with Crippen molar-refractivity contribution in [1.29, 1.82) is 0 Å². The highest BCUT2D eigenvalue weighted by molar-refractivity contribution is 6.00. The van der Waals surface area contributed by atoms with E-state index in [0.29, 0.717) is 16.8 Å². The molecule has 32 nitrogen and oxygen atoms in total. The van der Waals surface area contributed by atoms with Gasteiger partial charge in [0.15, 0.2) is 0 Å². The molecule has 0 radical (unpaired) electrons. The summed E-state index contributed by atoms with van der Waals surface area (Å²) in [4.78, 5) is 176. The molecule has 452 valence electrons. The van der Waals surface area contributed by atoms with Gasteiger partial charge in [0.1, 0.15) is 54.1 Å². The molecule has 0 saturated heterocycles. The third kappa shape index (κ3) is 23.2. The first-order chi connectivity index (χ1) is 39.1. The van der Waals surface area contributed by atoms with Crippen LogP contribution in [0.3, 0.4) is 0 Å². The maximum absolute atomic E-state index is 14.2. The van der Waals surface area contributed by atoms with Crippen LogP contribution in [0.15, 0.2) is 67.1 Å². The van der Waals surface area contributed by atoms with Crippen LogP contribution in [0.1, 0.15) is 63.3 Å². The van der Waals surface area contributed by atoms with Gasteiger partial charge in [-0.15, -0.1) is 0 Å². The molecule has 1 heterocycles. The number of nitrogens with zero attached hydrogens (tertiary/aromatic N) is 1. The summed E-state index contributed by atoms with van der Waals surface area (Å²) in [5.41, 5.74) is 18.1. The number of aliphatic carboxylic acids is 2. The average Bonchev–Trinajstić information content (AvgIpc) is 3.94. The van der Waals surface area contributed by atoms with Crippen molar-refractivity contribution >= 4 is 76.9 Å². The topological polar surface area (TPSA) is 538 Å². The number of carboxylic acid groups (broad SMARTS) is 2. The highest BCUT2D eigenvalue weighted by Crippen LogP contribution is 2.14. The summed E-state index contributed by atoms with van der Waals surface area (Å²) in [7, 11) is 0. The number of nitrogens with two attached hydrogens (primary N) is 3. The van der Waals surface area contributed by atoms with E-state index in [4.69, 9.17) is 17.2 Å². The molecule has 0 bridgehead atoms. The number of imidazole rings is 1.